The van der Waals surface area contributed by atoms with Crippen molar-refractivity contribution in [3.63, 3.8) is 0 Å². The summed E-state index contributed by atoms with van der Waals surface area (Å²) in [6.07, 6.45) is 12.0. The zero-order valence-electron chi connectivity index (χ0n) is 52.8. The molecule has 0 fully saturated rings. The molecule has 87 heavy (non-hydrogen) atoms. The van der Waals surface area contributed by atoms with Crippen LogP contribution in [0.5, 0.6) is 0 Å². The Morgan fingerprint density at radius 1 is 0.483 bits per heavy atom. The standard InChI is InChI=1S/C22H16N.2C17H14N2.C13H8NS.C5H8O2.4Ir/c1-16-14-22(23-15-21(16)18-8-3-2-4-9-18)20-13-7-11-17-10-5-6-12-19(17)20;2*1-13-11-17(16-9-5-6-10-18-16)19-12-15(13)14-7-3-2-4-8-14;1-2-7-12-10(5-1)9-13(15-12)11-6-3-4-8-14-11;1-4(6)3-5(2)7;;;;/h2-12,14-15H,1H3;2*2-12H,1H3;1-8H;3,6H,1-2H3;;;;/q-1;;;-1;;;;;/i2D,3D,4D,8D,9D;;;;;;;;. The topological polar surface area (TPSA) is 115 Å². The SMILES string of the molecule is CC(=O)C=C(C)O.Cc1cc(-c2ccccn2)ncc1-c1ccccc1.Cc1cc(-c2ccccn2)ncc1-c1ccccc1.[2H]c1c([2H])c([2H])c(-c2cnc(-c3[c-]ccc4ccccc34)cc2C)c([2H])c1[2H].[Ir].[Ir].[Ir].[Ir].[c-]1c(-c2ccccn2)sc2ccccc12. The Morgan fingerprint density at radius 3 is 1.40 bits per heavy atom. The van der Waals surface area contributed by atoms with Crippen LogP contribution >= 0.6 is 11.3 Å². The molecule has 0 spiro atoms. The molecule has 7 aromatic heterocycles. The van der Waals surface area contributed by atoms with Gasteiger partial charge in [-0.1, -0.05) is 163 Å². The van der Waals surface area contributed by atoms with E-state index in [0.717, 1.165) is 60.9 Å². The minimum atomic E-state index is -0.397. The van der Waals surface area contributed by atoms with Crippen molar-refractivity contribution in [1.82, 2.24) is 29.9 Å². The normalized spacial score (nSPS) is 11.0. The molecule has 13 aromatic rings. The van der Waals surface area contributed by atoms with E-state index in [4.69, 9.17) is 12.0 Å². The molecule has 0 aliphatic carbocycles. The number of hydrogen-bond donors (Lipinski definition) is 1. The van der Waals surface area contributed by atoms with Gasteiger partial charge in [-0.3, -0.25) is 24.7 Å². The first-order valence-corrected chi connectivity index (χ1v) is 27.5. The van der Waals surface area contributed by atoms with Gasteiger partial charge in [-0.05, 0) is 126 Å². The van der Waals surface area contributed by atoms with Gasteiger partial charge in [-0.2, -0.15) is 0 Å². The molecule has 442 valence electrons. The van der Waals surface area contributed by atoms with Crippen molar-refractivity contribution in [3.8, 4) is 78.0 Å². The molecule has 8 nitrogen and oxygen atoms in total. The van der Waals surface area contributed by atoms with Gasteiger partial charge in [0.15, 0.2) is 5.78 Å². The van der Waals surface area contributed by atoms with Crippen molar-refractivity contribution >= 4 is 38.0 Å². The number of aliphatic hydroxyl groups is 1. The van der Waals surface area contributed by atoms with Crippen molar-refractivity contribution in [2.45, 2.75) is 34.6 Å². The van der Waals surface area contributed by atoms with E-state index in [1.165, 1.54) is 63.4 Å². The molecule has 0 bridgehead atoms. The molecule has 13 heteroatoms. The Labute approximate surface area is 574 Å². The summed E-state index contributed by atoms with van der Waals surface area (Å²) in [7, 11) is 0. The van der Waals surface area contributed by atoms with Crippen LogP contribution < -0.4 is 0 Å². The maximum Gasteiger partial charge on any atom is 0.155 e. The molecular formula is C74H60Ir4N6O2S-2. The number of aromatic nitrogens is 6. The van der Waals surface area contributed by atoms with E-state index in [0.29, 0.717) is 5.56 Å². The third kappa shape index (κ3) is 19.9. The molecule has 0 aliphatic rings. The molecule has 0 saturated carbocycles. The van der Waals surface area contributed by atoms with Gasteiger partial charge in [0.1, 0.15) is 0 Å². The van der Waals surface area contributed by atoms with Gasteiger partial charge in [0.2, 0.25) is 0 Å². The van der Waals surface area contributed by atoms with E-state index in [2.05, 4.69) is 110 Å². The summed E-state index contributed by atoms with van der Waals surface area (Å²) >= 11 is 1.73. The number of hydrogen-bond acceptors (Lipinski definition) is 9. The number of carbonyl (C=O) groups is 1. The second kappa shape index (κ2) is 35.8. The third-order valence-electron chi connectivity index (χ3n) is 12.8. The molecule has 0 aliphatic heterocycles. The third-order valence-corrected chi connectivity index (χ3v) is 13.9. The van der Waals surface area contributed by atoms with Crippen LogP contribution in [-0.4, -0.2) is 40.8 Å². The Kier molecular flexibility index (Phi) is 25.6. The summed E-state index contributed by atoms with van der Waals surface area (Å²) in [5, 5.41) is 11.7. The van der Waals surface area contributed by atoms with E-state index in [1.807, 2.05) is 165 Å². The van der Waals surface area contributed by atoms with Gasteiger partial charge in [0.25, 0.3) is 0 Å². The summed E-state index contributed by atoms with van der Waals surface area (Å²) in [5.74, 6) is -0.0625. The first kappa shape index (κ1) is 62.3. The van der Waals surface area contributed by atoms with E-state index in [9.17, 15) is 4.79 Å². The predicted octanol–water partition coefficient (Wildman–Crippen LogP) is 18.7. The monoisotopic (exact) mass is 1870 g/mol. The van der Waals surface area contributed by atoms with Crippen LogP contribution in [0.15, 0.2) is 273 Å². The fourth-order valence-electron chi connectivity index (χ4n) is 8.80. The Bertz CT molecular complexity index is 4370. The predicted molar refractivity (Wildman–Crippen MR) is 342 cm³/mol. The zero-order valence-corrected chi connectivity index (χ0v) is 58.2. The first-order chi connectivity index (χ1) is 42.6. The summed E-state index contributed by atoms with van der Waals surface area (Å²) in [4.78, 5) is 37.7. The largest absolute Gasteiger partial charge is 0.512 e. The molecule has 0 unspecified atom stereocenters. The number of nitrogens with zero attached hydrogens (tertiary/aromatic N) is 6. The molecule has 0 amide bonds. The minimum Gasteiger partial charge on any atom is -0.512 e. The number of fused-ring (bicyclic) bond motifs is 2. The van der Waals surface area contributed by atoms with Crippen molar-refractivity contribution in [2.24, 2.45) is 0 Å². The number of allylic oxidation sites excluding steroid dienone is 2. The summed E-state index contributed by atoms with van der Waals surface area (Å²) in [6, 6.07) is 69.5. The van der Waals surface area contributed by atoms with E-state index >= 15 is 0 Å². The number of thiophene rings is 1. The second-order valence-electron chi connectivity index (χ2n) is 18.9. The molecule has 4 radical (unpaired) electrons. The van der Waals surface area contributed by atoms with Gasteiger partial charge in [0, 0.05) is 146 Å². The Balaban J connectivity index is 0.000000216. The molecule has 0 saturated heterocycles. The maximum absolute atomic E-state index is 10.0. The van der Waals surface area contributed by atoms with Crippen LogP contribution in [0.25, 0.3) is 98.8 Å². The molecular weight excluding hydrogens is 1810 g/mol. The van der Waals surface area contributed by atoms with E-state index in [-0.39, 0.29) is 122 Å². The van der Waals surface area contributed by atoms with Crippen LogP contribution in [0.2, 0.25) is 0 Å². The van der Waals surface area contributed by atoms with Gasteiger partial charge < -0.3 is 15.1 Å². The smallest absolute Gasteiger partial charge is 0.155 e. The number of ketones is 1. The van der Waals surface area contributed by atoms with E-state index < -0.39 is 6.04 Å². The summed E-state index contributed by atoms with van der Waals surface area (Å²) in [5.41, 5.74) is 14.9. The average molecular weight is 1870 g/mol. The van der Waals surface area contributed by atoms with Crippen LogP contribution in [0, 0.1) is 32.9 Å². The summed E-state index contributed by atoms with van der Waals surface area (Å²) < 4.78 is 41.2. The zero-order chi connectivity index (χ0) is 62.1. The number of rotatable bonds is 8. The maximum atomic E-state index is 10.0. The van der Waals surface area contributed by atoms with Crippen molar-refractivity contribution in [1.29, 1.82) is 0 Å². The Hall–Kier alpha value is -7.75. The molecule has 7 heterocycles. The molecule has 6 aromatic carbocycles. The number of carbonyl (C=O) groups excluding carboxylic acids is 1. The quantitative estimate of drug-likeness (QED) is 0.0909. The molecule has 1 N–H and O–H groups in total. The Morgan fingerprint density at radius 2 is 0.931 bits per heavy atom. The van der Waals surface area contributed by atoms with Gasteiger partial charge in [0.05, 0.1) is 35.4 Å². The minimum absolute atomic E-state index is 0. The van der Waals surface area contributed by atoms with Crippen LogP contribution in [0.1, 0.15) is 37.4 Å². The first-order valence-electron chi connectivity index (χ1n) is 29.2. The van der Waals surface area contributed by atoms with Crippen LogP contribution in [-0.2, 0) is 85.2 Å². The number of aryl methyl sites for hydroxylation is 3. The fourth-order valence-corrected chi connectivity index (χ4v) is 9.78. The van der Waals surface area contributed by atoms with Gasteiger partial charge in [-0.25, -0.2) is 11.3 Å². The second-order valence-corrected chi connectivity index (χ2v) is 20.0. The van der Waals surface area contributed by atoms with E-state index in [1.54, 1.807) is 29.9 Å². The number of aliphatic hydroxyl groups excluding tert-OH is 1. The van der Waals surface area contributed by atoms with Crippen molar-refractivity contribution in [3.05, 3.63) is 302 Å². The van der Waals surface area contributed by atoms with Gasteiger partial charge in [-0.15, -0.1) is 52.7 Å². The molecule has 0 atom stereocenters. The number of benzene rings is 6. The average Bonchev–Trinajstić information content (AvgIpc) is 0.973. The fraction of sp³-hybridized carbons (Fsp3) is 0.0676. The summed E-state index contributed by atoms with van der Waals surface area (Å²) in [6.45, 7) is 8.92. The van der Waals surface area contributed by atoms with Crippen molar-refractivity contribution in [2.75, 3.05) is 0 Å². The molecule has 13 rings (SSSR count). The van der Waals surface area contributed by atoms with Crippen LogP contribution in [0.4, 0.5) is 0 Å². The van der Waals surface area contributed by atoms with Crippen LogP contribution in [0.3, 0.4) is 0 Å². The van der Waals surface area contributed by atoms with Crippen molar-refractivity contribution < 1.29 is 97.2 Å². The number of pyridine rings is 6. The van der Waals surface area contributed by atoms with Gasteiger partial charge >= 0.3 is 0 Å².